The molecule has 1 amide bonds. The van der Waals surface area contributed by atoms with Gasteiger partial charge in [-0.3, -0.25) is 9.36 Å². The summed E-state index contributed by atoms with van der Waals surface area (Å²) in [5, 5.41) is 3.21. The number of benzene rings is 1. The highest BCUT2D eigenvalue weighted by molar-refractivity contribution is 9.10. The zero-order valence-electron chi connectivity index (χ0n) is 17.3. The van der Waals surface area contributed by atoms with Crippen molar-refractivity contribution in [2.75, 3.05) is 19.6 Å². The number of rotatable bonds is 5. The zero-order valence-corrected chi connectivity index (χ0v) is 20.5. The van der Waals surface area contributed by atoms with Crippen LogP contribution < -0.4 is 5.32 Å². The molecule has 1 aliphatic rings. The first-order chi connectivity index (χ1) is 13.6. The Balaban J connectivity index is 0.00000160. The van der Waals surface area contributed by atoms with Crippen molar-refractivity contribution in [1.29, 1.82) is 0 Å². The number of carbonyl (C=O) groups is 1. The molecule has 0 radical (unpaired) electrons. The van der Waals surface area contributed by atoms with E-state index in [-0.39, 0.29) is 48.8 Å². The fourth-order valence-corrected chi connectivity index (χ4v) is 4.07. The van der Waals surface area contributed by atoms with Gasteiger partial charge in [-0.05, 0) is 50.2 Å². The van der Waals surface area contributed by atoms with E-state index in [2.05, 4.69) is 38.1 Å². The highest BCUT2D eigenvalue weighted by Gasteiger charge is 2.22. The molecular formula is C21H28BrCl2N5O2. The minimum absolute atomic E-state index is 0. The first-order valence-electron chi connectivity index (χ1n) is 9.73. The van der Waals surface area contributed by atoms with Crippen molar-refractivity contribution in [3.8, 4) is 11.4 Å². The van der Waals surface area contributed by atoms with E-state index >= 15 is 0 Å². The third-order valence-corrected chi connectivity index (χ3v) is 5.75. The number of piperidine rings is 1. The summed E-state index contributed by atoms with van der Waals surface area (Å²) in [4.78, 5) is 24.4. The number of nitrogens with zero attached hydrogens (tertiary/aromatic N) is 4. The third-order valence-electron chi connectivity index (χ3n) is 5.23. The molecule has 1 fully saturated rings. The molecule has 7 nitrogen and oxygen atoms in total. The summed E-state index contributed by atoms with van der Waals surface area (Å²) in [5.41, 5.74) is 2.49. The lowest BCUT2D eigenvalue weighted by atomic mass is 10.1. The number of likely N-dealkylation sites (N-methyl/N-ethyl adjacent to an activating group) is 1. The lowest BCUT2D eigenvalue weighted by Gasteiger charge is -2.32. The van der Waals surface area contributed by atoms with Gasteiger partial charge in [0.05, 0.1) is 0 Å². The Hall–Kier alpha value is -1.71. The smallest absolute Gasteiger partial charge is 0.240 e. The molecule has 0 saturated carbocycles. The molecular weight excluding hydrogens is 505 g/mol. The fraction of sp³-hybridized carbons (Fsp3) is 0.381. The van der Waals surface area contributed by atoms with Crippen LogP contribution in [0.2, 0.25) is 0 Å². The molecule has 4 rings (SSSR count). The molecule has 0 spiro atoms. The van der Waals surface area contributed by atoms with E-state index in [0.717, 1.165) is 59.5 Å². The average molecular weight is 533 g/mol. The molecule has 1 saturated heterocycles. The van der Waals surface area contributed by atoms with E-state index in [1.54, 1.807) is 6.20 Å². The molecule has 170 valence electrons. The van der Waals surface area contributed by atoms with Gasteiger partial charge < -0.3 is 15.7 Å². The van der Waals surface area contributed by atoms with E-state index in [0.29, 0.717) is 0 Å². The number of hydrogen-bond acceptors (Lipinski definition) is 4. The summed E-state index contributed by atoms with van der Waals surface area (Å²) in [7, 11) is 0. The van der Waals surface area contributed by atoms with Crippen LogP contribution in [0, 0.1) is 0 Å². The van der Waals surface area contributed by atoms with Crippen LogP contribution in [0.15, 0.2) is 47.1 Å². The molecule has 3 aromatic rings. The van der Waals surface area contributed by atoms with Crippen molar-refractivity contribution < 1.29 is 10.3 Å². The predicted octanol–water partition coefficient (Wildman–Crippen LogP) is 3.48. The number of amides is 1. The Morgan fingerprint density at radius 2 is 1.97 bits per heavy atom. The van der Waals surface area contributed by atoms with Gasteiger partial charge in [-0.25, -0.2) is 9.97 Å². The zero-order chi connectivity index (χ0) is 19.5. The van der Waals surface area contributed by atoms with Crippen molar-refractivity contribution >= 4 is 57.8 Å². The minimum Gasteiger partial charge on any atom is -0.412 e. The second kappa shape index (κ2) is 12.4. The maximum Gasteiger partial charge on any atom is 0.240 e. The highest BCUT2D eigenvalue weighted by atomic mass is 79.9. The van der Waals surface area contributed by atoms with Gasteiger partial charge in [-0.1, -0.05) is 35.0 Å². The van der Waals surface area contributed by atoms with Gasteiger partial charge in [0.25, 0.3) is 0 Å². The van der Waals surface area contributed by atoms with E-state index in [4.69, 9.17) is 4.98 Å². The van der Waals surface area contributed by atoms with Crippen LogP contribution in [0.1, 0.15) is 19.8 Å². The van der Waals surface area contributed by atoms with Crippen LogP contribution in [0.5, 0.6) is 0 Å². The normalized spacial score (nSPS) is 16.0. The van der Waals surface area contributed by atoms with Crippen LogP contribution in [0.3, 0.4) is 0 Å². The highest BCUT2D eigenvalue weighted by Crippen LogP contribution is 2.25. The van der Waals surface area contributed by atoms with Gasteiger partial charge in [0.2, 0.25) is 5.91 Å². The van der Waals surface area contributed by atoms with Gasteiger partial charge in [-0.15, -0.1) is 24.8 Å². The molecule has 1 atom stereocenters. The second-order valence-electron chi connectivity index (χ2n) is 7.17. The van der Waals surface area contributed by atoms with Crippen LogP contribution in [0.25, 0.3) is 22.6 Å². The summed E-state index contributed by atoms with van der Waals surface area (Å²) in [6.07, 6.45) is 3.90. The van der Waals surface area contributed by atoms with E-state index in [9.17, 15) is 4.79 Å². The number of halogens is 3. The number of carbonyl (C=O) groups excluding carboxylic acids is 1. The molecule has 1 unspecified atom stereocenters. The van der Waals surface area contributed by atoms with E-state index < -0.39 is 0 Å². The van der Waals surface area contributed by atoms with Gasteiger partial charge >= 0.3 is 0 Å². The lowest BCUT2D eigenvalue weighted by molar-refractivity contribution is -0.122. The topological polar surface area (TPSA) is 94.6 Å². The quantitative estimate of drug-likeness (QED) is 0.544. The summed E-state index contributed by atoms with van der Waals surface area (Å²) in [5.74, 6) is 0.765. The maximum absolute atomic E-state index is 12.8. The Labute approximate surface area is 202 Å². The van der Waals surface area contributed by atoms with Crippen LogP contribution in [-0.4, -0.2) is 56.5 Å². The van der Waals surface area contributed by atoms with Crippen molar-refractivity contribution in [3.63, 3.8) is 0 Å². The van der Waals surface area contributed by atoms with Gasteiger partial charge in [-0.2, -0.15) is 0 Å². The number of nitrogens with one attached hydrogen (secondary N) is 1. The summed E-state index contributed by atoms with van der Waals surface area (Å²) >= 11 is 3.47. The fourth-order valence-electron chi connectivity index (χ4n) is 3.81. The largest absolute Gasteiger partial charge is 0.412 e. The number of aromatic nitrogens is 3. The Morgan fingerprint density at radius 3 is 2.68 bits per heavy atom. The monoisotopic (exact) mass is 531 g/mol. The predicted molar refractivity (Wildman–Crippen MR) is 132 cm³/mol. The van der Waals surface area contributed by atoms with Crippen molar-refractivity contribution in [2.45, 2.75) is 32.4 Å². The molecule has 31 heavy (non-hydrogen) atoms. The first-order valence-corrected chi connectivity index (χ1v) is 10.5. The van der Waals surface area contributed by atoms with Gasteiger partial charge in [0.15, 0.2) is 5.65 Å². The molecule has 1 aromatic carbocycles. The van der Waals surface area contributed by atoms with Crippen molar-refractivity contribution in [2.24, 2.45) is 0 Å². The molecule has 2 aromatic heterocycles. The number of imidazole rings is 1. The Morgan fingerprint density at radius 1 is 1.23 bits per heavy atom. The number of fused-ring (bicyclic) bond motifs is 1. The van der Waals surface area contributed by atoms with Gasteiger partial charge in [0.1, 0.15) is 17.9 Å². The molecule has 3 N–H and O–H groups in total. The standard InChI is InChI=1S/C21H24BrN5O.2ClH.H2O/c1-2-26-12-4-5-17(13-26)24-19(28)14-27-20(15-7-9-16(22)10-8-15)25-18-6-3-11-23-21(18)27;;;/h3,6-11,17H,2,4-5,12-14H2,1H3,(H,24,28);2*1H;1H2. The summed E-state index contributed by atoms with van der Waals surface area (Å²) in [6, 6.07) is 12.0. The van der Waals surface area contributed by atoms with Crippen molar-refractivity contribution in [3.05, 3.63) is 47.1 Å². The summed E-state index contributed by atoms with van der Waals surface area (Å²) in [6.45, 7) is 5.44. The van der Waals surface area contributed by atoms with Crippen LogP contribution in [0.4, 0.5) is 0 Å². The van der Waals surface area contributed by atoms with E-state index in [1.807, 2.05) is 41.0 Å². The Kier molecular flexibility index (Phi) is 10.9. The van der Waals surface area contributed by atoms with Crippen LogP contribution in [-0.2, 0) is 11.3 Å². The van der Waals surface area contributed by atoms with E-state index in [1.165, 1.54) is 0 Å². The van der Waals surface area contributed by atoms with Crippen molar-refractivity contribution in [1.82, 2.24) is 24.8 Å². The molecule has 1 aliphatic heterocycles. The van der Waals surface area contributed by atoms with Crippen LogP contribution >= 0.6 is 40.7 Å². The summed E-state index contributed by atoms with van der Waals surface area (Å²) < 4.78 is 2.92. The SMILES string of the molecule is CCN1CCCC(NC(=O)Cn2c(-c3ccc(Br)cc3)nc3cccnc32)C1.Cl.Cl.O. The molecule has 0 bridgehead atoms. The lowest BCUT2D eigenvalue weighted by Crippen LogP contribution is -2.48. The number of pyridine rings is 1. The number of likely N-dealkylation sites (tertiary alicyclic amines) is 1. The molecule has 0 aliphatic carbocycles. The third kappa shape index (κ3) is 6.40. The molecule has 10 heteroatoms. The second-order valence-corrected chi connectivity index (χ2v) is 8.09. The first kappa shape index (κ1) is 27.3. The van der Waals surface area contributed by atoms with Gasteiger partial charge in [0, 0.05) is 28.8 Å². The molecule has 3 heterocycles. The average Bonchev–Trinajstić information content (AvgIpc) is 3.07. The Bertz CT molecular complexity index is 984. The minimum atomic E-state index is 0. The maximum atomic E-state index is 12.8. The number of hydrogen-bond donors (Lipinski definition) is 1.